The lowest BCUT2D eigenvalue weighted by atomic mass is 9.98. The van der Waals surface area contributed by atoms with Crippen LogP contribution in [0.4, 0.5) is 4.39 Å². The first-order chi connectivity index (χ1) is 30.4. The minimum atomic E-state index is -2.23. The van der Waals surface area contributed by atoms with Gasteiger partial charge in [0.1, 0.15) is 12.7 Å². The molecule has 1 aliphatic rings. The molecular formula is C47H46FN5O10. The van der Waals surface area contributed by atoms with Crippen molar-refractivity contribution in [1.82, 2.24) is 15.1 Å². The fraction of sp³-hybridized carbons (Fsp3) is 0.298. The van der Waals surface area contributed by atoms with Gasteiger partial charge in [-0.3, -0.25) is 9.59 Å². The Labute approximate surface area is 362 Å². The van der Waals surface area contributed by atoms with Crippen molar-refractivity contribution in [2.45, 2.75) is 76.3 Å². The van der Waals surface area contributed by atoms with Gasteiger partial charge in [-0.2, -0.15) is 10.4 Å². The Hall–Kier alpha value is -7.38. The first-order valence-electron chi connectivity index (χ1n) is 20.3. The number of hydrogen-bond donors (Lipinski definition) is 2. The average molecular weight is 860 g/mol. The summed E-state index contributed by atoms with van der Waals surface area (Å²) in [7, 11) is 0. The molecular weight excluding hydrogens is 814 g/mol. The molecule has 1 saturated heterocycles. The third kappa shape index (κ3) is 11.7. The Morgan fingerprint density at radius 2 is 1.37 bits per heavy atom. The SMILES string of the molecule is CC(C)c1nn(CCC#N)c(OC2OC(COC(=O)c3ccccc3)C(F)C(OC(=O)c3ccccc3)C2OC(=O)c2ccccc2)c1Cc1ccc(C(=O)NCCC(N)=O)cc1. The number of nitrogens with one attached hydrogen (secondary N) is 1. The number of nitriles is 1. The molecule has 2 amide bonds. The standard InChI is InChI=1S/C47H46FN5O10/c1-29(2)39-35(27-30-19-21-31(22-20-30)42(55)51-25-23-37(50)54)43(53(52-39)26-12-24-49)63-47-41(62-46(58)34-17-10-5-11-18-34)40(61-45(57)33-15-8-4-9-16-33)38(48)36(60-47)28-59-44(56)32-13-6-3-7-14-32/h3-11,13-22,29,36,38,40-41,47H,12,23,25-28H2,1-2H3,(H2,50,54)(H,51,55). The molecule has 1 aliphatic heterocycles. The van der Waals surface area contributed by atoms with Crippen LogP contribution in [0, 0.1) is 11.3 Å². The van der Waals surface area contributed by atoms with Gasteiger partial charge in [0.15, 0.2) is 12.3 Å². The third-order valence-electron chi connectivity index (χ3n) is 9.96. The number of hydrogen-bond acceptors (Lipinski definition) is 12. The van der Waals surface area contributed by atoms with Crippen LogP contribution in [-0.4, -0.2) is 83.4 Å². The number of nitrogens with zero attached hydrogens (tertiary/aromatic N) is 3. The molecule has 0 aliphatic carbocycles. The number of benzene rings is 4. The van der Waals surface area contributed by atoms with Gasteiger partial charge in [-0.05, 0) is 60.0 Å². The van der Waals surface area contributed by atoms with E-state index in [1.54, 1.807) is 78.9 Å². The zero-order valence-corrected chi connectivity index (χ0v) is 34.6. The Balaban J connectivity index is 1.40. The van der Waals surface area contributed by atoms with Crippen LogP contribution in [0.2, 0.25) is 0 Å². The summed E-state index contributed by atoms with van der Waals surface area (Å²) >= 11 is 0. The van der Waals surface area contributed by atoms with Crippen molar-refractivity contribution < 1.29 is 52.0 Å². The first kappa shape index (κ1) is 45.2. The molecule has 6 rings (SSSR count). The van der Waals surface area contributed by atoms with Crippen LogP contribution < -0.4 is 15.8 Å². The molecule has 0 spiro atoms. The molecule has 5 aromatic rings. The van der Waals surface area contributed by atoms with Crippen LogP contribution in [0.15, 0.2) is 115 Å². The predicted molar refractivity (Wildman–Crippen MR) is 224 cm³/mol. The summed E-state index contributed by atoms with van der Waals surface area (Å²) in [5.41, 5.74) is 7.74. The molecule has 3 N–H and O–H groups in total. The molecule has 0 saturated carbocycles. The van der Waals surface area contributed by atoms with E-state index in [0.717, 1.165) is 5.56 Å². The number of aromatic nitrogens is 2. The maximum Gasteiger partial charge on any atom is 0.338 e. The van der Waals surface area contributed by atoms with E-state index in [2.05, 4.69) is 11.4 Å². The van der Waals surface area contributed by atoms with Crippen molar-refractivity contribution in [3.63, 3.8) is 0 Å². The van der Waals surface area contributed by atoms with E-state index in [-0.39, 0.29) is 60.8 Å². The summed E-state index contributed by atoms with van der Waals surface area (Å²) in [6.07, 6.45) is -9.02. The maximum absolute atomic E-state index is 17.0. The number of nitrogens with two attached hydrogens (primary N) is 1. The number of aryl methyl sites for hydroxylation is 1. The number of amides is 2. The molecule has 326 valence electrons. The van der Waals surface area contributed by atoms with E-state index < -0.39 is 67.1 Å². The van der Waals surface area contributed by atoms with Gasteiger partial charge in [0.25, 0.3) is 5.91 Å². The molecule has 16 heteroatoms. The minimum Gasteiger partial charge on any atom is -0.459 e. The van der Waals surface area contributed by atoms with Gasteiger partial charge in [-0.15, -0.1) is 0 Å². The van der Waals surface area contributed by atoms with E-state index in [1.165, 1.54) is 41.1 Å². The summed E-state index contributed by atoms with van der Waals surface area (Å²) in [5.74, 6) is -3.67. The van der Waals surface area contributed by atoms with E-state index in [4.69, 9.17) is 34.5 Å². The largest absolute Gasteiger partial charge is 0.459 e. The second-order valence-corrected chi connectivity index (χ2v) is 14.8. The summed E-state index contributed by atoms with van der Waals surface area (Å²) in [6.45, 7) is 3.29. The number of carbonyl (C=O) groups excluding carboxylic acids is 5. The Morgan fingerprint density at radius 1 is 0.810 bits per heavy atom. The number of alkyl halides is 1. The topological polar surface area (TPSA) is 211 Å². The molecule has 5 atom stereocenters. The number of rotatable bonds is 18. The van der Waals surface area contributed by atoms with Crippen LogP contribution in [0.5, 0.6) is 5.88 Å². The lowest BCUT2D eigenvalue weighted by Crippen LogP contribution is -2.61. The molecule has 0 bridgehead atoms. The zero-order valence-electron chi connectivity index (χ0n) is 34.6. The zero-order chi connectivity index (χ0) is 44.9. The van der Waals surface area contributed by atoms with Crippen molar-refractivity contribution in [1.29, 1.82) is 5.26 Å². The molecule has 0 radical (unpaired) electrons. The molecule has 1 aromatic heterocycles. The Morgan fingerprint density at radius 3 is 1.90 bits per heavy atom. The number of primary amides is 1. The Kier molecular flexibility index (Phi) is 15.4. The summed E-state index contributed by atoms with van der Waals surface area (Å²) in [4.78, 5) is 64.4. The second kappa shape index (κ2) is 21.4. The lowest BCUT2D eigenvalue weighted by Gasteiger charge is -2.42. The fourth-order valence-corrected chi connectivity index (χ4v) is 6.76. The summed E-state index contributed by atoms with van der Waals surface area (Å²) in [6, 6.07) is 32.6. The first-order valence-corrected chi connectivity index (χ1v) is 20.3. The molecule has 15 nitrogen and oxygen atoms in total. The molecule has 5 unspecified atom stereocenters. The summed E-state index contributed by atoms with van der Waals surface area (Å²) in [5, 5.41) is 17.1. The van der Waals surface area contributed by atoms with Gasteiger partial charge in [0, 0.05) is 30.5 Å². The van der Waals surface area contributed by atoms with Crippen LogP contribution >= 0.6 is 0 Å². The smallest absolute Gasteiger partial charge is 0.338 e. The highest BCUT2D eigenvalue weighted by Gasteiger charge is 2.53. The predicted octanol–water partition coefficient (Wildman–Crippen LogP) is 5.87. The van der Waals surface area contributed by atoms with Gasteiger partial charge in [-0.1, -0.05) is 80.6 Å². The number of carbonyl (C=O) groups is 5. The second-order valence-electron chi connectivity index (χ2n) is 14.8. The number of halogens is 1. The van der Waals surface area contributed by atoms with Crippen molar-refractivity contribution in [2.24, 2.45) is 5.73 Å². The summed E-state index contributed by atoms with van der Waals surface area (Å²) < 4.78 is 48.8. The van der Waals surface area contributed by atoms with Crippen molar-refractivity contribution >= 4 is 29.7 Å². The van der Waals surface area contributed by atoms with Gasteiger partial charge in [0.2, 0.25) is 24.2 Å². The van der Waals surface area contributed by atoms with Crippen LogP contribution in [0.3, 0.4) is 0 Å². The van der Waals surface area contributed by atoms with Gasteiger partial charge >= 0.3 is 17.9 Å². The quantitative estimate of drug-likeness (QED) is 0.0783. The molecule has 2 heterocycles. The van der Waals surface area contributed by atoms with Crippen molar-refractivity contribution in [3.05, 3.63) is 154 Å². The Bertz CT molecular complexity index is 2410. The van der Waals surface area contributed by atoms with Crippen LogP contribution in [-0.2, 0) is 36.7 Å². The molecule has 4 aromatic carbocycles. The van der Waals surface area contributed by atoms with E-state index in [1.807, 2.05) is 13.8 Å². The van der Waals surface area contributed by atoms with Crippen molar-refractivity contribution in [2.75, 3.05) is 13.2 Å². The molecule has 1 fully saturated rings. The average Bonchev–Trinajstić information content (AvgIpc) is 3.63. The lowest BCUT2D eigenvalue weighted by molar-refractivity contribution is -0.265. The number of ether oxygens (including phenoxy) is 5. The van der Waals surface area contributed by atoms with Crippen molar-refractivity contribution in [3.8, 4) is 11.9 Å². The minimum absolute atomic E-state index is 0.00839. The third-order valence-corrected chi connectivity index (χ3v) is 9.96. The number of esters is 3. The maximum atomic E-state index is 17.0. The van der Waals surface area contributed by atoms with Gasteiger partial charge < -0.3 is 34.7 Å². The van der Waals surface area contributed by atoms with E-state index in [9.17, 15) is 29.2 Å². The highest BCUT2D eigenvalue weighted by molar-refractivity contribution is 5.94. The normalized spacial score (nSPS) is 18.1. The van der Waals surface area contributed by atoms with Gasteiger partial charge in [-0.25, -0.2) is 23.5 Å². The van der Waals surface area contributed by atoms with Crippen LogP contribution in [0.1, 0.15) is 90.9 Å². The van der Waals surface area contributed by atoms with Crippen LogP contribution in [0.25, 0.3) is 0 Å². The van der Waals surface area contributed by atoms with E-state index in [0.29, 0.717) is 16.8 Å². The monoisotopic (exact) mass is 859 g/mol. The highest BCUT2D eigenvalue weighted by atomic mass is 19.1. The van der Waals surface area contributed by atoms with Gasteiger partial charge in [0.05, 0.1) is 41.4 Å². The van der Waals surface area contributed by atoms with E-state index >= 15 is 4.39 Å². The highest BCUT2D eigenvalue weighted by Crippen LogP contribution is 2.36. The molecule has 63 heavy (non-hydrogen) atoms. The fourth-order valence-electron chi connectivity index (χ4n) is 6.76.